The first kappa shape index (κ1) is 10.7. The molecule has 5 heteroatoms. The quantitative estimate of drug-likeness (QED) is 0.812. The van der Waals surface area contributed by atoms with Gasteiger partial charge in [0.05, 0.1) is 11.9 Å². The highest BCUT2D eigenvalue weighted by Gasteiger charge is 2.12. The Morgan fingerprint density at radius 2 is 2.31 bits per heavy atom. The third-order valence-electron chi connectivity index (χ3n) is 1.55. The van der Waals surface area contributed by atoms with E-state index in [-0.39, 0.29) is 5.75 Å². The second kappa shape index (κ2) is 4.21. The lowest BCUT2D eigenvalue weighted by Gasteiger charge is -2.06. The number of hydrogen-bond donors (Lipinski definition) is 1. The molecule has 0 saturated carbocycles. The van der Waals surface area contributed by atoms with Gasteiger partial charge < -0.3 is 5.11 Å². The van der Waals surface area contributed by atoms with Crippen LogP contribution in [0, 0.1) is 0 Å². The third-order valence-corrected chi connectivity index (χ3v) is 3.27. The first-order valence-corrected chi connectivity index (χ1v) is 6.84. The fraction of sp³-hybridized carbons (Fsp3) is 0.500. The molecular weight excluding hydrogens is 208 g/mol. The average Bonchev–Trinajstić information content (AvgIpc) is 2.34. The molecule has 3 nitrogen and oxygen atoms in total. The first-order valence-electron chi connectivity index (χ1n) is 3.84. The van der Waals surface area contributed by atoms with Gasteiger partial charge in [-0.3, -0.25) is 0 Å². The van der Waals surface area contributed by atoms with Gasteiger partial charge in [-0.1, -0.05) is 0 Å². The summed E-state index contributed by atoms with van der Waals surface area (Å²) in [5.74, 6) is -0.164. The van der Waals surface area contributed by atoms with Crippen molar-refractivity contribution < 1.29 is 13.5 Å². The van der Waals surface area contributed by atoms with Crippen LogP contribution in [0.5, 0.6) is 0 Å². The van der Waals surface area contributed by atoms with E-state index in [9.17, 15) is 13.5 Å². The van der Waals surface area contributed by atoms with E-state index in [1.165, 1.54) is 11.3 Å². The standard InChI is InChI=1S/C8H12O3S2/c1-13(10,11)6-8(9)4-7-2-3-12-5-7/h2-3,5,8-9H,4,6H2,1H3. The highest BCUT2D eigenvalue weighted by atomic mass is 32.2. The Morgan fingerprint density at radius 3 is 2.77 bits per heavy atom. The summed E-state index contributed by atoms with van der Waals surface area (Å²) in [6.07, 6.45) is 0.755. The molecule has 0 fully saturated rings. The summed E-state index contributed by atoms with van der Waals surface area (Å²) in [7, 11) is -3.07. The summed E-state index contributed by atoms with van der Waals surface area (Å²) in [4.78, 5) is 0. The summed E-state index contributed by atoms with van der Waals surface area (Å²) in [5.41, 5.74) is 0.987. The Bertz CT molecular complexity index is 339. The van der Waals surface area contributed by atoms with Crippen molar-refractivity contribution >= 4 is 21.2 Å². The third kappa shape index (κ3) is 4.40. The van der Waals surface area contributed by atoms with Crippen LogP contribution in [0.2, 0.25) is 0 Å². The lowest BCUT2D eigenvalue weighted by atomic mass is 10.2. The number of sulfone groups is 1. The summed E-state index contributed by atoms with van der Waals surface area (Å²) >= 11 is 1.54. The maximum Gasteiger partial charge on any atom is 0.150 e. The van der Waals surface area contributed by atoms with Gasteiger partial charge in [0.25, 0.3) is 0 Å². The molecule has 1 heterocycles. The number of hydrogen-bond acceptors (Lipinski definition) is 4. The van der Waals surface area contributed by atoms with Crippen LogP contribution < -0.4 is 0 Å². The van der Waals surface area contributed by atoms with Crippen molar-refractivity contribution in [2.75, 3.05) is 12.0 Å². The van der Waals surface area contributed by atoms with Gasteiger partial charge in [-0.2, -0.15) is 11.3 Å². The zero-order valence-corrected chi connectivity index (χ0v) is 8.94. The molecule has 1 aromatic heterocycles. The van der Waals surface area contributed by atoms with Gasteiger partial charge in [-0.05, 0) is 22.4 Å². The molecule has 0 radical (unpaired) electrons. The fourth-order valence-electron chi connectivity index (χ4n) is 1.09. The number of aliphatic hydroxyl groups is 1. The second-order valence-electron chi connectivity index (χ2n) is 3.08. The Kier molecular flexibility index (Phi) is 3.47. The van der Waals surface area contributed by atoms with Crippen LogP contribution in [0.25, 0.3) is 0 Å². The van der Waals surface area contributed by atoms with Crippen molar-refractivity contribution in [3.05, 3.63) is 22.4 Å². The molecule has 13 heavy (non-hydrogen) atoms. The smallest absolute Gasteiger partial charge is 0.150 e. The predicted octanol–water partition coefficient (Wildman–Crippen LogP) is 0.696. The number of thiophene rings is 1. The van der Waals surface area contributed by atoms with Crippen molar-refractivity contribution in [3.63, 3.8) is 0 Å². The molecule has 0 bridgehead atoms. The molecule has 0 aliphatic heterocycles. The van der Waals surface area contributed by atoms with Gasteiger partial charge in [-0.15, -0.1) is 0 Å². The molecule has 74 valence electrons. The van der Waals surface area contributed by atoms with E-state index in [4.69, 9.17) is 0 Å². The molecule has 1 aromatic rings. The van der Waals surface area contributed by atoms with Gasteiger partial charge in [-0.25, -0.2) is 8.42 Å². The Balaban J connectivity index is 2.47. The van der Waals surface area contributed by atoms with Crippen molar-refractivity contribution in [1.29, 1.82) is 0 Å². The highest BCUT2D eigenvalue weighted by Crippen LogP contribution is 2.09. The molecule has 0 aliphatic rings. The molecule has 0 spiro atoms. The van der Waals surface area contributed by atoms with E-state index in [0.29, 0.717) is 6.42 Å². The minimum Gasteiger partial charge on any atom is -0.392 e. The molecule has 1 rings (SSSR count). The molecule has 1 unspecified atom stereocenters. The van der Waals surface area contributed by atoms with E-state index in [1.54, 1.807) is 0 Å². The van der Waals surface area contributed by atoms with Gasteiger partial charge in [0, 0.05) is 12.7 Å². The maximum atomic E-state index is 10.8. The topological polar surface area (TPSA) is 54.4 Å². The predicted molar refractivity (Wildman–Crippen MR) is 53.7 cm³/mol. The normalized spacial score (nSPS) is 14.3. The van der Waals surface area contributed by atoms with Crippen molar-refractivity contribution in [2.24, 2.45) is 0 Å². The van der Waals surface area contributed by atoms with E-state index in [2.05, 4.69) is 0 Å². The van der Waals surface area contributed by atoms with Crippen LogP contribution in [0.3, 0.4) is 0 Å². The second-order valence-corrected chi connectivity index (χ2v) is 6.05. The Hall–Kier alpha value is -0.390. The molecule has 1 N–H and O–H groups in total. The minimum absolute atomic E-state index is 0.164. The molecule has 0 amide bonds. The zero-order valence-electron chi connectivity index (χ0n) is 7.30. The summed E-state index contributed by atoms with van der Waals surface area (Å²) < 4.78 is 21.6. The average molecular weight is 220 g/mol. The molecule has 0 aliphatic carbocycles. The van der Waals surface area contributed by atoms with Crippen molar-refractivity contribution in [1.82, 2.24) is 0 Å². The summed E-state index contributed by atoms with van der Waals surface area (Å²) in [6, 6.07) is 1.89. The molecule has 0 saturated heterocycles. The van der Waals surface area contributed by atoms with Crippen LogP contribution in [-0.2, 0) is 16.3 Å². The van der Waals surface area contributed by atoms with Crippen LogP contribution >= 0.6 is 11.3 Å². The van der Waals surface area contributed by atoms with Gasteiger partial charge in [0.15, 0.2) is 0 Å². The van der Waals surface area contributed by atoms with Crippen molar-refractivity contribution in [3.8, 4) is 0 Å². The summed E-state index contributed by atoms with van der Waals surface area (Å²) in [5, 5.41) is 13.2. The highest BCUT2D eigenvalue weighted by molar-refractivity contribution is 7.90. The van der Waals surface area contributed by atoms with Gasteiger partial charge in [0.1, 0.15) is 9.84 Å². The fourth-order valence-corrected chi connectivity index (χ4v) is 2.59. The largest absolute Gasteiger partial charge is 0.392 e. The molecule has 0 aromatic carbocycles. The van der Waals surface area contributed by atoms with E-state index < -0.39 is 15.9 Å². The molecule has 1 atom stereocenters. The number of aliphatic hydroxyl groups excluding tert-OH is 1. The maximum absolute atomic E-state index is 10.8. The van der Waals surface area contributed by atoms with E-state index in [1.807, 2.05) is 16.8 Å². The minimum atomic E-state index is -3.07. The van der Waals surface area contributed by atoms with Crippen LogP contribution in [0.4, 0.5) is 0 Å². The van der Waals surface area contributed by atoms with Crippen LogP contribution in [0.1, 0.15) is 5.56 Å². The zero-order chi connectivity index (χ0) is 9.90. The van der Waals surface area contributed by atoms with Gasteiger partial charge >= 0.3 is 0 Å². The lowest BCUT2D eigenvalue weighted by molar-refractivity contribution is 0.198. The van der Waals surface area contributed by atoms with Crippen molar-refractivity contribution in [2.45, 2.75) is 12.5 Å². The Morgan fingerprint density at radius 1 is 1.62 bits per heavy atom. The lowest BCUT2D eigenvalue weighted by Crippen LogP contribution is -2.21. The monoisotopic (exact) mass is 220 g/mol. The molecular formula is C8H12O3S2. The first-order chi connectivity index (χ1) is 5.97. The SMILES string of the molecule is CS(=O)(=O)CC(O)Cc1ccsc1. The summed E-state index contributed by atoms with van der Waals surface area (Å²) in [6.45, 7) is 0. The van der Waals surface area contributed by atoms with Gasteiger partial charge in [0.2, 0.25) is 0 Å². The van der Waals surface area contributed by atoms with E-state index >= 15 is 0 Å². The van der Waals surface area contributed by atoms with Crippen LogP contribution in [-0.4, -0.2) is 31.6 Å². The van der Waals surface area contributed by atoms with E-state index in [0.717, 1.165) is 11.8 Å². The Labute approximate surface area is 82.0 Å². The van der Waals surface area contributed by atoms with Crippen LogP contribution in [0.15, 0.2) is 16.8 Å². The number of rotatable bonds is 4.